The lowest BCUT2D eigenvalue weighted by Crippen LogP contribution is -2.42. The molecule has 1 heterocycles. The van der Waals surface area contributed by atoms with Gasteiger partial charge in [0.25, 0.3) is 0 Å². The van der Waals surface area contributed by atoms with Gasteiger partial charge in [0.2, 0.25) is 5.91 Å². The van der Waals surface area contributed by atoms with Crippen LogP contribution in [0.5, 0.6) is 0 Å². The number of benzene rings is 1. The molecule has 0 spiro atoms. The highest BCUT2D eigenvalue weighted by Gasteiger charge is 2.22. The van der Waals surface area contributed by atoms with Gasteiger partial charge in [0, 0.05) is 23.9 Å². The molecule has 1 amide bonds. The van der Waals surface area contributed by atoms with Crippen molar-refractivity contribution in [1.29, 1.82) is 0 Å². The summed E-state index contributed by atoms with van der Waals surface area (Å²) in [7, 11) is 0. The normalized spacial score (nSPS) is 11.2. The van der Waals surface area contributed by atoms with Crippen molar-refractivity contribution < 1.29 is 9.32 Å². The molecule has 0 saturated heterocycles. The lowest BCUT2D eigenvalue weighted by atomic mass is 10.1. The molecular weight excluding hydrogens is 288 g/mol. The molecule has 5 heteroatoms. The Morgan fingerprint density at radius 3 is 2.71 bits per heavy atom. The third-order valence-corrected chi connectivity index (χ3v) is 3.97. The molecule has 0 unspecified atom stereocenters. The smallest absolute Gasteiger partial charge is 0.229 e. The summed E-state index contributed by atoms with van der Waals surface area (Å²) in [6, 6.07) is 7.83. The summed E-state index contributed by atoms with van der Waals surface area (Å²) in [5.74, 6) is 0.505. The van der Waals surface area contributed by atoms with Crippen LogP contribution < -0.4 is 0 Å². The number of carbonyl (C=O) groups excluding carboxylic acids is 1. The molecule has 0 N–H and O–H groups in total. The maximum absolute atomic E-state index is 12.6. The van der Waals surface area contributed by atoms with E-state index in [2.05, 4.69) is 19.0 Å². The Bertz CT molecular complexity index is 593. The molecule has 0 aliphatic heterocycles. The molecule has 0 aliphatic carbocycles. The average Bonchev–Trinajstić information content (AvgIpc) is 2.91. The first-order chi connectivity index (χ1) is 10.2. The fourth-order valence-electron chi connectivity index (χ4n) is 2.64. The van der Waals surface area contributed by atoms with Gasteiger partial charge in [-0.15, -0.1) is 11.6 Å². The van der Waals surface area contributed by atoms with Gasteiger partial charge in [-0.25, -0.2) is 0 Å². The van der Waals surface area contributed by atoms with E-state index >= 15 is 0 Å². The lowest BCUT2D eigenvalue weighted by molar-refractivity contribution is -0.132. The van der Waals surface area contributed by atoms with E-state index in [9.17, 15) is 4.79 Å². The number of carbonyl (C=O) groups is 1. The number of halogens is 1. The van der Waals surface area contributed by atoms with Crippen LogP contribution in [0.25, 0.3) is 11.0 Å². The van der Waals surface area contributed by atoms with Crippen molar-refractivity contribution >= 4 is 28.5 Å². The number of hydrogen-bond acceptors (Lipinski definition) is 3. The second-order valence-corrected chi connectivity index (χ2v) is 5.43. The number of rotatable bonds is 7. The molecule has 0 bridgehead atoms. The summed E-state index contributed by atoms with van der Waals surface area (Å²) in [5.41, 5.74) is 1.41. The molecule has 21 heavy (non-hydrogen) atoms. The summed E-state index contributed by atoms with van der Waals surface area (Å²) in [5, 5.41) is 4.94. The van der Waals surface area contributed by atoms with Crippen LogP contribution in [0.2, 0.25) is 0 Å². The van der Waals surface area contributed by atoms with Crippen LogP contribution in [0.3, 0.4) is 0 Å². The molecule has 4 nitrogen and oxygen atoms in total. The fourth-order valence-corrected chi connectivity index (χ4v) is 2.82. The van der Waals surface area contributed by atoms with E-state index in [1.807, 2.05) is 29.2 Å². The van der Waals surface area contributed by atoms with Gasteiger partial charge in [0.05, 0.1) is 6.42 Å². The van der Waals surface area contributed by atoms with Crippen LogP contribution in [0.1, 0.15) is 32.4 Å². The summed E-state index contributed by atoms with van der Waals surface area (Å²) in [6.45, 7) is 4.75. The second-order valence-electron chi connectivity index (χ2n) is 5.05. The van der Waals surface area contributed by atoms with Gasteiger partial charge in [-0.05, 0) is 25.0 Å². The molecule has 114 valence electrons. The topological polar surface area (TPSA) is 46.3 Å². The first-order valence-corrected chi connectivity index (χ1v) is 7.93. The molecule has 0 radical (unpaired) electrons. The van der Waals surface area contributed by atoms with Crippen molar-refractivity contribution in [3.8, 4) is 0 Å². The maximum Gasteiger partial charge on any atom is 0.229 e. The Labute approximate surface area is 130 Å². The van der Waals surface area contributed by atoms with Gasteiger partial charge >= 0.3 is 0 Å². The molecular formula is C16H21ClN2O2. The highest BCUT2D eigenvalue weighted by molar-refractivity contribution is 6.18. The quantitative estimate of drug-likeness (QED) is 0.734. The van der Waals surface area contributed by atoms with Crippen molar-refractivity contribution in [1.82, 2.24) is 10.1 Å². The van der Waals surface area contributed by atoms with Crippen LogP contribution in [-0.2, 0) is 11.2 Å². The molecule has 0 aliphatic rings. The van der Waals surface area contributed by atoms with Gasteiger partial charge in [-0.1, -0.05) is 31.1 Å². The number of amides is 1. The van der Waals surface area contributed by atoms with Crippen molar-refractivity contribution in [2.75, 3.05) is 12.4 Å². The summed E-state index contributed by atoms with van der Waals surface area (Å²) in [6.07, 6.45) is 2.11. The Balaban J connectivity index is 2.18. The largest absolute Gasteiger partial charge is 0.356 e. The minimum atomic E-state index is 0.0587. The Hall–Kier alpha value is -1.55. The zero-order chi connectivity index (χ0) is 15.2. The Kier molecular flexibility index (Phi) is 5.62. The average molecular weight is 309 g/mol. The van der Waals surface area contributed by atoms with E-state index in [0.717, 1.165) is 18.2 Å². The van der Waals surface area contributed by atoms with Crippen molar-refractivity contribution in [2.24, 2.45) is 0 Å². The summed E-state index contributed by atoms with van der Waals surface area (Å²) < 4.78 is 5.26. The van der Waals surface area contributed by atoms with Crippen LogP contribution in [-0.4, -0.2) is 34.4 Å². The number of nitrogens with zero attached hydrogens (tertiary/aromatic N) is 2. The van der Waals surface area contributed by atoms with Crippen LogP contribution in [0.4, 0.5) is 0 Å². The molecule has 2 aromatic rings. The minimum Gasteiger partial charge on any atom is -0.356 e. The minimum absolute atomic E-state index is 0.0587. The molecule has 0 fully saturated rings. The summed E-state index contributed by atoms with van der Waals surface area (Å²) in [4.78, 5) is 14.5. The van der Waals surface area contributed by atoms with Gasteiger partial charge in [0.15, 0.2) is 5.58 Å². The van der Waals surface area contributed by atoms with E-state index in [-0.39, 0.29) is 18.4 Å². The first-order valence-electron chi connectivity index (χ1n) is 7.39. The number of aromatic nitrogens is 1. The monoisotopic (exact) mass is 308 g/mol. The van der Waals surface area contributed by atoms with Crippen molar-refractivity contribution in [3.63, 3.8) is 0 Å². The van der Waals surface area contributed by atoms with Crippen molar-refractivity contribution in [2.45, 2.75) is 39.2 Å². The number of hydrogen-bond donors (Lipinski definition) is 0. The molecule has 0 saturated carbocycles. The second kappa shape index (κ2) is 7.46. The first kappa shape index (κ1) is 15.8. The molecule has 2 rings (SSSR count). The van der Waals surface area contributed by atoms with E-state index < -0.39 is 0 Å². The van der Waals surface area contributed by atoms with Gasteiger partial charge < -0.3 is 9.42 Å². The van der Waals surface area contributed by atoms with E-state index in [4.69, 9.17) is 16.1 Å². The predicted octanol–water partition coefficient (Wildman–Crippen LogP) is 3.63. The van der Waals surface area contributed by atoms with Crippen LogP contribution in [0.15, 0.2) is 28.8 Å². The fraction of sp³-hybridized carbons (Fsp3) is 0.500. The third-order valence-electron chi connectivity index (χ3n) is 3.80. The highest BCUT2D eigenvalue weighted by Crippen LogP contribution is 2.19. The Morgan fingerprint density at radius 2 is 2.05 bits per heavy atom. The van der Waals surface area contributed by atoms with Gasteiger partial charge in [-0.3, -0.25) is 4.79 Å². The molecule has 1 aromatic heterocycles. The zero-order valence-corrected chi connectivity index (χ0v) is 13.3. The van der Waals surface area contributed by atoms with Gasteiger partial charge in [0.1, 0.15) is 5.69 Å². The lowest BCUT2D eigenvalue weighted by Gasteiger charge is -2.29. The van der Waals surface area contributed by atoms with Crippen molar-refractivity contribution in [3.05, 3.63) is 30.0 Å². The van der Waals surface area contributed by atoms with E-state index in [1.165, 1.54) is 0 Å². The number of para-hydroxylation sites is 1. The number of fused-ring (bicyclic) bond motifs is 1. The van der Waals surface area contributed by atoms with Crippen LogP contribution in [0, 0.1) is 0 Å². The maximum atomic E-state index is 12.6. The predicted molar refractivity (Wildman–Crippen MR) is 84.5 cm³/mol. The zero-order valence-electron chi connectivity index (χ0n) is 12.5. The summed E-state index contributed by atoms with van der Waals surface area (Å²) >= 11 is 5.85. The van der Waals surface area contributed by atoms with E-state index in [0.29, 0.717) is 23.7 Å². The SMILES string of the molecule is CCC(CC)N(CCCl)C(=O)Cc1noc2ccccc12. The van der Waals surface area contributed by atoms with Gasteiger partial charge in [-0.2, -0.15) is 0 Å². The molecule has 1 aromatic carbocycles. The standard InChI is InChI=1S/C16H21ClN2O2/c1-3-12(4-2)19(10-9-17)16(20)11-14-13-7-5-6-8-15(13)21-18-14/h5-8,12H,3-4,9-11H2,1-2H3. The number of alkyl halides is 1. The Morgan fingerprint density at radius 1 is 1.33 bits per heavy atom. The molecule has 0 atom stereocenters. The van der Waals surface area contributed by atoms with Crippen LogP contribution >= 0.6 is 11.6 Å². The third kappa shape index (κ3) is 3.56. The highest BCUT2D eigenvalue weighted by atomic mass is 35.5. The van der Waals surface area contributed by atoms with E-state index in [1.54, 1.807) is 0 Å².